The smallest absolute Gasteiger partial charge is 0.221 e. The number of benzene rings is 1. The summed E-state index contributed by atoms with van der Waals surface area (Å²) in [5.74, 6) is 0.680. The van der Waals surface area contributed by atoms with Gasteiger partial charge >= 0.3 is 0 Å². The van der Waals surface area contributed by atoms with Gasteiger partial charge in [-0.2, -0.15) is 0 Å². The molecule has 0 aliphatic carbocycles. The van der Waals surface area contributed by atoms with E-state index in [1.165, 1.54) is 31.5 Å². The number of likely N-dealkylation sites (tertiary alicyclic amines) is 1. The van der Waals surface area contributed by atoms with Crippen LogP contribution < -0.4 is 4.74 Å². The third-order valence-electron chi connectivity index (χ3n) is 3.83. The Kier molecular flexibility index (Phi) is 3.97. The number of hydrogen-bond acceptors (Lipinski definition) is 3. The van der Waals surface area contributed by atoms with Crippen molar-refractivity contribution in [2.75, 3.05) is 20.2 Å². The molecule has 1 aliphatic rings. The third-order valence-corrected chi connectivity index (χ3v) is 3.83. The number of nitrogens with zero attached hydrogens (tertiary/aromatic N) is 2. The third kappa shape index (κ3) is 2.83. The Bertz CT molecular complexity index is 559. The molecule has 3 nitrogen and oxygen atoms in total. The zero-order valence-electron chi connectivity index (χ0n) is 11.9. The number of ether oxygens (including phenoxy) is 1. The monoisotopic (exact) mass is 268 g/mol. The number of methoxy groups -OCH3 is 1. The van der Waals surface area contributed by atoms with Crippen molar-refractivity contribution in [2.45, 2.75) is 19.4 Å². The van der Waals surface area contributed by atoms with Gasteiger partial charge in [0.05, 0.1) is 7.11 Å². The average molecular weight is 268 g/mol. The van der Waals surface area contributed by atoms with Crippen LogP contribution in [0.4, 0.5) is 0 Å². The number of rotatable bonds is 4. The number of aromatic nitrogens is 1. The molecule has 1 aliphatic heterocycles. The summed E-state index contributed by atoms with van der Waals surface area (Å²) in [5.41, 5.74) is 3.57. The van der Waals surface area contributed by atoms with Gasteiger partial charge in [0.1, 0.15) is 0 Å². The van der Waals surface area contributed by atoms with Crippen molar-refractivity contribution in [1.29, 1.82) is 0 Å². The summed E-state index contributed by atoms with van der Waals surface area (Å²) in [6, 6.07) is 12.7. The Morgan fingerprint density at radius 2 is 1.85 bits per heavy atom. The van der Waals surface area contributed by atoms with Crippen LogP contribution >= 0.6 is 0 Å². The van der Waals surface area contributed by atoms with Gasteiger partial charge in [-0.3, -0.25) is 4.90 Å². The van der Waals surface area contributed by atoms with Crippen LogP contribution in [0.2, 0.25) is 0 Å². The molecule has 2 heterocycles. The lowest BCUT2D eigenvalue weighted by Crippen LogP contribution is -2.18. The molecule has 0 radical (unpaired) electrons. The fourth-order valence-electron chi connectivity index (χ4n) is 2.76. The van der Waals surface area contributed by atoms with E-state index in [0.717, 1.165) is 17.7 Å². The van der Waals surface area contributed by atoms with Gasteiger partial charge in [0.15, 0.2) is 0 Å². The molecule has 0 bridgehead atoms. The predicted molar refractivity (Wildman–Crippen MR) is 80.7 cm³/mol. The summed E-state index contributed by atoms with van der Waals surface area (Å²) in [6.45, 7) is 3.53. The molecular formula is C17H20N2O. The molecule has 2 aromatic rings. The molecule has 0 unspecified atom stereocenters. The largest absolute Gasteiger partial charge is 0.481 e. The summed E-state index contributed by atoms with van der Waals surface area (Å²) >= 11 is 0. The van der Waals surface area contributed by atoms with Crippen molar-refractivity contribution < 1.29 is 4.74 Å². The van der Waals surface area contributed by atoms with Gasteiger partial charge in [0.25, 0.3) is 0 Å². The standard InChI is InChI=1S/C17H20N2O/c1-20-17-16(5-4-10-18-17)15-8-6-14(7-9-15)13-19-11-2-3-12-19/h4-10H,2-3,11-13H2,1H3. The van der Waals surface area contributed by atoms with E-state index in [0.29, 0.717) is 5.88 Å². The van der Waals surface area contributed by atoms with E-state index >= 15 is 0 Å². The zero-order valence-corrected chi connectivity index (χ0v) is 11.9. The van der Waals surface area contributed by atoms with Crippen molar-refractivity contribution >= 4 is 0 Å². The van der Waals surface area contributed by atoms with Crippen LogP contribution in [0.1, 0.15) is 18.4 Å². The normalized spacial score (nSPS) is 15.4. The highest BCUT2D eigenvalue weighted by atomic mass is 16.5. The minimum absolute atomic E-state index is 0.680. The van der Waals surface area contributed by atoms with Crippen molar-refractivity contribution in [3.8, 4) is 17.0 Å². The molecule has 1 aromatic carbocycles. The molecule has 0 amide bonds. The van der Waals surface area contributed by atoms with Crippen LogP contribution in [-0.4, -0.2) is 30.1 Å². The molecule has 0 atom stereocenters. The van der Waals surface area contributed by atoms with Gasteiger partial charge in [-0.05, 0) is 49.2 Å². The van der Waals surface area contributed by atoms with E-state index < -0.39 is 0 Å². The highest BCUT2D eigenvalue weighted by molar-refractivity contribution is 5.68. The Morgan fingerprint density at radius 3 is 2.55 bits per heavy atom. The van der Waals surface area contributed by atoms with Crippen LogP contribution in [0.3, 0.4) is 0 Å². The maximum absolute atomic E-state index is 5.32. The van der Waals surface area contributed by atoms with E-state index in [4.69, 9.17) is 4.74 Å². The second-order valence-corrected chi connectivity index (χ2v) is 5.24. The summed E-state index contributed by atoms with van der Waals surface area (Å²) in [6.07, 6.45) is 4.43. The maximum atomic E-state index is 5.32. The fraction of sp³-hybridized carbons (Fsp3) is 0.353. The SMILES string of the molecule is COc1ncccc1-c1ccc(CN2CCCC2)cc1. The first kappa shape index (κ1) is 13.1. The minimum atomic E-state index is 0.680. The Morgan fingerprint density at radius 1 is 1.10 bits per heavy atom. The Hall–Kier alpha value is -1.87. The second-order valence-electron chi connectivity index (χ2n) is 5.24. The van der Waals surface area contributed by atoms with Crippen LogP contribution in [0.15, 0.2) is 42.6 Å². The van der Waals surface area contributed by atoms with Crippen molar-refractivity contribution in [3.05, 3.63) is 48.2 Å². The molecule has 3 rings (SSSR count). The van der Waals surface area contributed by atoms with Gasteiger partial charge < -0.3 is 4.74 Å². The van der Waals surface area contributed by atoms with E-state index in [-0.39, 0.29) is 0 Å². The van der Waals surface area contributed by atoms with Gasteiger partial charge in [-0.25, -0.2) is 4.98 Å². The predicted octanol–water partition coefficient (Wildman–Crippen LogP) is 3.35. The van der Waals surface area contributed by atoms with Crippen LogP contribution in [-0.2, 0) is 6.54 Å². The summed E-state index contributed by atoms with van der Waals surface area (Å²) in [4.78, 5) is 6.76. The van der Waals surface area contributed by atoms with E-state index in [1.807, 2.05) is 12.1 Å². The molecular weight excluding hydrogens is 248 g/mol. The molecule has 0 N–H and O–H groups in total. The zero-order chi connectivity index (χ0) is 13.8. The fourth-order valence-corrected chi connectivity index (χ4v) is 2.76. The first-order valence-corrected chi connectivity index (χ1v) is 7.17. The van der Waals surface area contributed by atoms with Crippen LogP contribution in [0.25, 0.3) is 11.1 Å². The first-order valence-electron chi connectivity index (χ1n) is 7.17. The Balaban J connectivity index is 1.78. The summed E-state index contributed by atoms with van der Waals surface area (Å²) < 4.78 is 5.32. The van der Waals surface area contributed by atoms with Crippen molar-refractivity contribution in [2.24, 2.45) is 0 Å². The van der Waals surface area contributed by atoms with Gasteiger partial charge in [-0.15, -0.1) is 0 Å². The number of pyridine rings is 1. The highest BCUT2D eigenvalue weighted by Crippen LogP contribution is 2.27. The maximum Gasteiger partial charge on any atom is 0.221 e. The van der Waals surface area contributed by atoms with Gasteiger partial charge in [0, 0.05) is 18.3 Å². The lowest BCUT2D eigenvalue weighted by atomic mass is 10.0. The van der Waals surface area contributed by atoms with Gasteiger partial charge in [-0.1, -0.05) is 24.3 Å². The van der Waals surface area contributed by atoms with E-state index in [9.17, 15) is 0 Å². The van der Waals surface area contributed by atoms with E-state index in [2.05, 4.69) is 34.1 Å². The van der Waals surface area contributed by atoms with Crippen molar-refractivity contribution in [3.63, 3.8) is 0 Å². The molecule has 20 heavy (non-hydrogen) atoms. The molecule has 1 fully saturated rings. The molecule has 1 saturated heterocycles. The molecule has 1 aromatic heterocycles. The molecule has 104 valence electrons. The quantitative estimate of drug-likeness (QED) is 0.850. The van der Waals surface area contributed by atoms with Crippen LogP contribution in [0, 0.1) is 0 Å². The molecule has 0 saturated carbocycles. The van der Waals surface area contributed by atoms with E-state index in [1.54, 1.807) is 13.3 Å². The Labute approximate surface area is 120 Å². The first-order chi connectivity index (χ1) is 9.86. The lowest BCUT2D eigenvalue weighted by molar-refractivity contribution is 0.331. The second kappa shape index (κ2) is 6.06. The lowest BCUT2D eigenvalue weighted by Gasteiger charge is -2.15. The topological polar surface area (TPSA) is 25.4 Å². The van der Waals surface area contributed by atoms with Crippen LogP contribution in [0.5, 0.6) is 5.88 Å². The van der Waals surface area contributed by atoms with Crippen molar-refractivity contribution in [1.82, 2.24) is 9.88 Å². The average Bonchev–Trinajstić information content (AvgIpc) is 3.01. The summed E-state index contributed by atoms with van der Waals surface area (Å²) in [7, 11) is 1.66. The molecule has 0 spiro atoms. The highest BCUT2D eigenvalue weighted by Gasteiger charge is 2.12. The minimum Gasteiger partial charge on any atom is -0.481 e. The number of hydrogen-bond donors (Lipinski definition) is 0. The van der Waals surface area contributed by atoms with Gasteiger partial charge in [0.2, 0.25) is 5.88 Å². The summed E-state index contributed by atoms with van der Waals surface area (Å²) in [5, 5.41) is 0. The molecule has 3 heteroatoms.